The molecule has 0 aliphatic rings. The Morgan fingerprint density at radius 3 is 2.83 bits per heavy atom. The van der Waals surface area contributed by atoms with Crippen molar-refractivity contribution in [3.63, 3.8) is 0 Å². The van der Waals surface area contributed by atoms with Gasteiger partial charge in [-0.15, -0.1) is 0 Å². The van der Waals surface area contributed by atoms with Crippen molar-refractivity contribution in [1.82, 2.24) is 9.97 Å². The number of carboxylic acid groups (broad SMARTS) is 1. The highest BCUT2D eigenvalue weighted by Crippen LogP contribution is 2.35. The van der Waals surface area contributed by atoms with Crippen molar-refractivity contribution in [3.05, 3.63) is 50.9 Å². The van der Waals surface area contributed by atoms with Gasteiger partial charge >= 0.3 is 5.97 Å². The number of carbonyl (C=O) groups is 1. The van der Waals surface area contributed by atoms with Crippen molar-refractivity contribution in [1.29, 1.82) is 5.26 Å². The Balaban J connectivity index is 2.01. The van der Waals surface area contributed by atoms with Crippen LogP contribution in [-0.2, 0) is 4.79 Å². The van der Waals surface area contributed by atoms with Gasteiger partial charge in [0, 0.05) is 0 Å². The van der Waals surface area contributed by atoms with Crippen molar-refractivity contribution >= 4 is 51.2 Å². The molecular formula is C21H18IN3O4. The number of hydrogen-bond donors (Lipinski definition) is 2. The molecule has 7 nitrogen and oxygen atoms in total. The number of nitrogens with one attached hydrogen (secondary N) is 1. The number of aliphatic carboxylic acids is 1. The zero-order valence-corrected chi connectivity index (χ0v) is 18.0. The Kier molecular flexibility index (Phi) is 6.39. The summed E-state index contributed by atoms with van der Waals surface area (Å²) in [5.74, 6) is 0.195. The highest BCUT2D eigenvalue weighted by atomic mass is 127. The van der Waals surface area contributed by atoms with Crippen LogP contribution in [0.5, 0.6) is 11.5 Å². The van der Waals surface area contributed by atoms with Gasteiger partial charge in [0.05, 0.1) is 26.8 Å². The summed E-state index contributed by atoms with van der Waals surface area (Å²) in [5.41, 5.74) is 3.84. The summed E-state index contributed by atoms with van der Waals surface area (Å²) in [6.45, 7) is 3.74. The number of rotatable bonds is 7. The molecule has 0 radical (unpaired) electrons. The van der Waals surface area contributed by atoms with Crippen LogP contribution in [0.25, 0.3) is 22.7 Å². The summed E-state index contributed by atoms with van der Waals surface area (Å²) in [6, 6.07) is 11.5. The molecule has 0 bridgehead atoms. The summed E-state index contributed by atoms with van der Waals surface area (Å²) in [6.07, 6.45) is 1.70. The number of benzene rings is 2. The molecule has 8 heteroatoms. The van der Waals surface area contributed by atoms with E-state index in [9.17, 15) is 10.1 Å². The second-order valence-electron chi connectivity index (χ2n) is 6.22. The number of fused-ring (bicyclic) bond motifs is 1. The van der Waals surface area contributed by atoms with E-state index in [-0.39, 0.29) is 0 Å². The normalized spacial score (nSPS) is 11.3. The first-order valence-corrected chi connectivity index (χ1v) is 9.88. The van der Waals surface area contributed by atoms with E-state index in [1.54, 1.807) is 18.2 Å². The van der Waals surface area contributed by atoms with E-state index in [0.717, 1.165) is 16.6 Å². The van der Waals surface area contributed by atoms with E-state index in [4.69, 9.17) is 14.6 Å². The van der Waals surface area contributed by atoms with Gasteiger partial charge in [0.25, 0.3) is 0 Å². The van der Waals surface area contributed by atoms with E-state index < -0.39 is 12.6 Å². The van der Waals surface area contributed by atoms with Gasteiger partial charge in [-0.1, -0.05) is 6.07 Å². The minimum atomic E-state index is -1.07. The maximum absolute atomic E-state index is 10.8. The molecule has 3 aromatic rings. The SMILES string of the molecule is CCOc1cc(C=C(C#N)c2nc3ccc(C)cc3[nH]2)cc(I)c1OCC(=O)O. The third kappa shape index (κ3) is 4.86. The maximum atomic E-state index is 10.8. The number of carboxylic acids is 1. The monoisotopic (exact) mass is 503 g/mol. The molecule has 0 saturated carbocycles. The minimum absolute atomic E-state index is 0.365. The number of H-pyrrole nitrogens is 1. The molecule has 0 amide bonds. The van der Waals surface area contributed by atoms with Crippen molar-refractivity contribution in [2.45, 2.75) is 13.8 Å². The number of aryl methyl sites for hydroxylation is 1. The van der Waals surface area contributed by atoms with Crippen LogP contribution >= 0.6 is 22.6 Å². The van der Waals surface area contributed by atoms with Crippen LogP contribution in [0, 0.1) is 21.8 Å². The molecule has 0 saturated heterocycles. The molecule has 148 valence electrons. The van der Waals surface area contributed by atoms with Crippen molar-refractivity contribution in [2.24, 2.45) is 0 Å². The van der Waals surface area contributed by atoms with Crippen LogP contribution in [0.1, 0.15) is 23.9 Å². The second-order valence-corrected chi connectivity index (χ2v) is 7.38. The lowest BCUT2D eigenvalue weighted by molar-refractivity contribution is -0.139. The number of aromatic amines is 1. The molecule has 0 spiro atoms. The summed E-state index contributed by atoms with van der Waals surface area (Å²) in [5, 5.41) is 18.5. The summed E-state index contributed by atoms with van der Waals surface area (Å²) < 4.78 is 11.7. The van der Waals surface area contributed by atoms with Gasteiger partial charge < -0.3 is 19.6 Å². The Hall–Kier alpha value is -3.06. The predicted molar refractivity (Wildman–Crippen MR) is 118 cm³/mol. The number of nitrogens with zero attached hydrogens (tertiary/aromatic N) is 2. The third-order valence-corrected chi connectivity index (χ3v) is 4.80. The lowest BCUT2D eigenvalue weighted by Gasteiger charge is -2.13. The van der Waals surface area contributed by atoms with Crippen LogP contribution in [0.4, 0.5) is 0 Å². The molecule has 1 aromatic heterocycles. The number of ether oxygens (including phenoxy) is 2. The number of nitriles is 1. The smallest absolute Gasteiger partial charge is 0.341 e. The zero-order valence-electron chi connectivity index (χ0n) is 15.8. The molecule has 2 aromatic carbocycles. The van der Waals surface area contributed by atoms with Gasteiger partial charge in [-0.2, -0.15) is 5.26 Å². The average molecular weight is 503 g/mol. The molecule has 0 aliphatic carbocycles. The Morgan fingerprint density at radius 2 is 2.14 bits per heavy atom. The molecule has 3 rings (SSSR count). The number of allylic oxidation sites excluding steroid dienone is 1. The molecule has 0 fully saturated rings. The standard InChI is InChI=1S/C21H18IN3O4/c1-3-28-18-9-13(8-15(22)20(18)29-11-19(26)27)7-14(10-23)21-24-16-5-4-12(2)6-17(16)25-21/h4-9H,3,11H2,1-2H3,(H,24,25)(H,26,27). The fourth-order valence-corrected chi connectivity index (χ4v) is 3.56. The lowest BCUT2D eigenvalue weighted by atomic mass is 10.1. The largest absolute Gasteiger partial charge is 0.490 e. The van der Waals surface area contributed by atoms with Crippen LogP contribution in [0.3, 0.4) is 0 Å². The molecule has 29 heavy (non-hydrogen) atoms. The Labute approximate surface area is 181 Å². The second kappa shape index (κ2) is 8.96. The van der Waals surface area contributed by atoms with Gasteiger partial charge in [0.1, 0.15) is 11.9 Å². The van der Waals surface area contributed by atoms with E-state index >= 15 is 0 Å². The van der Waals surface area contributed by atoms with Crippen LogP contribution in [0.2, 0.25) is 0 Å². The fraction of sp³-hybridized carbons (Fsp3) is 0.190. The molecule has 0 atom stereocenters. The topological polar surface area (TPSA) is 108 Å². The fourth-order valence-electron chi connectivity index (χ4n) is 2.78. The Morgan fingerprint density at radius 1 is 1.34 bits per heavy atom. The van der Waals surface area contributed by atoms with Gasteiger partial charge in [0.2, 0.25) is 0 Å². The summed E-state index contributed by atoms with van der Waals surface area (Å²) in [7, 11) is 0. The summed E-state index contributed by atoms with van der Waals surface area (Å²) in [4.78, 5) is 18.5. The third-order valence-electron chi connectivity index (χ3n) is 4.00. The molecular weight excluding hydrogens is 485 g/mol. The van der Waals surface area contributed by atoms with E-state index in [0.29, 0.717) is 38.6 Å². The average Bonchev–Trinajstić information content (AvgIpc) is 3.08. The van der Waals surface area contributed by atoms with Gasteiger partial charge in [0.15, 0.2) is 18.1 Å². The van der Waals surface area contributed by atoms with Crippen molar-refractivity contribution in [3.8, 4) is 17.6 Å². The summed E-state index contributed by atoms with van der Waals surface area (Å²) >= 11 is 2.05. The first-order chi connectivity index (χ1) is 13.9. The predicted octanol–water partition coefficient (Wildman–Crippen LogP) is 4.40. The van der Waals surface area contributed by atoms with Crippen LogP contribution < -0.4 is 9.47 Å². The van der Waals surface area contributed by atoms with Gasteiger partial charge in [-0.25, -0.2) is 9.78 Å². The zero-order chi connectivity index (χ0) is 21.0. The van der Waals surface area contributed by atoms with E-state index in [1.807, 2.05) is 32.0 Å². The number of hydrogen-bond acceptors (Lipinski definition) is 5. The molecule has 2 N–H and O–H groups in total. The van der Waals surface area contributed by atoms with E-state index in [1.165, 1.54) is 0 Å². The first kappa shape index (κ1) is 20.7. The van der Waals surface area contributed by atoms with Crippen LogP contribution in [-0.4, -0.2) is 34.3 Å². The maximum Gasteiger partial charge on any atom is 0.341 e. The number of aromatic nitrogens is 2. The quantitative estimate of drug-likeness (QED) is 0.366. The molecule has 1 heterocycles. The number of halogens is 1. The lowest BCUT2D eigenvalue weighted by Crippen LogP contribution is -2.11. The number of imidazole rings is 1. The highest BCUT2D eigenvalue weighted by molar-refractivity contribution is 14.1. The Bertz CT molecular complexity index is 1140. The van der Waals surface area contributed by atoms with E-state index in [2.05, 4.69) is 38.6 Å². The highest BCUT2D eigenvalue weighted by Gasteiger charge is 2.15. The van der Waals surface area contributed by atoms with Crippen molar-refractivity contribution in [2.75, 3.05) is 13.2 Å². The first-order valence-electron chi connectivity index (χ1n) is 8.80. The minimum Gasteiger partial charge on any atom is -0.490 e. The van der Waals surface area contributed by atoms with Gasteiger partial charge in [-0.05, 0) is 77.9 Å². The van der Waals surface area contributed by atoms with Crippen LogP contribution in [0.15, 0.2) is 30.3 Å². The van der Waals surface area contributed by atoms with Crippen molar-refractivity contribution < 1.29 is 19.4 Å². The van der Waals surface area contributed by atoms with Gasteiger partial charge in [-0.3, -0.25) is 0 Å². The molecule has 0 unspecified atom stereocenters. The molecule has 0 aliphatic heterocycles.